The largest absolute Gasteiger partial charge is 0.504 e. The minimum atomic E-state index is 0.0465. The van der Waals surface area contributed by atoms with E-state index in [4.69, 9.17) is 14.2 Å². The van der Waals surface area contributed by atoms with Crippen molar-refractivity contribution < 1.29 is 24.4 Å². The summed E-state index contributed by atoms with van der Waals surface area (Å²) in [5.74, 6) is 2.79. The fraction of sp³-hybridized carbons (Fsp3) is 0.172. The fourth-order valence-corrected chi connectivity index (χ4v) is 4.26. The van der Waals surface area contributed by atoms with Crippen LogP contribution >= 0.6 is 0 Å². The summed E-state index contributed by atoms with van der Waals surface area (Å²) in [6, 6.07) is 24.8. The van der Waals surface area contributed by atoms with Gasteiger partial charge in [-0.05, 0) is 90.4 Å². The van der Waals surface area contributed by atoms with Crippen molar-refractivity contribution in [2.75, 3.05) is 7.11 Å². The number of phenolic OH excluding ortho intramolecular Hbond substituents is 2. The van der Waals surface area contributed by atoms with Gasteiger partial charge in [0.25, 0.3) is 0 Å². The van der Waals surface area contributed by atoms with E-state index in [0.29, 0.717) is 41.6 Å². The molecule has 6 rings (SSSR count). The van der Waals surface area contributed by atoms with Crippen molar-refractivity contribution in [1.82, 2.24) is 0 Å². The zero-order valence-electron chi connectivity index (χ0n) is 19.0. The first-order valence-electron chi connectivity index (χ1n) is 11.3. The van der Waals surface area contributed by atoms with Crippen LogP contribution in [-0.2, 0) is 25.7 Å². The molecule has 0 aromatic heterocycles. The highest BCUT2D eigenvalue weighted by molar-refractivity contribution is 5.55. The van der Waals surface area contributed by atoms with Gasteiger partial charge in [-0.2, -0.15) is 0 Å². The third-order valence-electron chi connectivity index (χ3n) is 6.03. The van der Waals surface area contributed by atoms with E-state index in [1.807, 2.05) is 66.7 Å². The standard InChI is InChI=1S/C29H26O5/c1-32-29-26(31)17-21-9-8-20-4-2-6-24(16-20)34-28-22(5-3-7-25(28)30)13-10-19-11-14-23(15-12-19)33-27(29)18-21/h2-7,11-12,14-18,30-31H,8-10,13H2,1H3. The Morgan fingerprint density at radius 1 is 0.647 bits per heavy atom. The van der Waals surface area contributed by atoms with Gasteiger partial charge >= 0.3 is 0 Å². The number of ether oxygens (including phenoxy) is 3. The number of benzene rings is 4. The van der Waals surface area contributed by atoms with Gasteiger partial charge in [-0.25, -0.2) is 0 Å². The predicted molar refractivity (Wildman–Crippen MR) is 131 cm³/mol. The molecule has 2 heterocycles. The second kappa shape index (κ2) is 9.40. The number of para-hydroxylation sites is 1. The first-order chi connectivity index (χ1) is 16.6. The summed E-state index contributed by atoms with van der Waals surface area (Å²) in [6.07, 6.45) is 2.93. The predicted octanol–water partition coefficient (Wildman–Crippen LogP) is 6.57. The summed E-state index contributed by atoms with van der Waals surface area (Å²) >= 11 is 0. The molecule has 2 aliphatic rings. The van der Waals surface area contributed by atoms with Crippen LogP contribution in [0, 0.1) is 0 Å². The molecule has 4 aromatic rings. The summed E-state index contributed by atoms with van der Waals surface area (Å²) in [6.45, 7) is 0. The van der Waals surface area contributed by atoms with Gasteiger partial charge in [0.15, 0.2) is 23.0 Å². The normalized spacial score (nSPS) is 13.1. The van der Waals surface area contributed by atoms with Crippen LogP contribution in [0.4, 0.5) is 0 Å². The molecule has 0 aliphatic carbocycles. The molecule has 0 saturated heterocycles. The van der Waals surface area contributed by atoms with Crippen molar-refractivity contribution in [3.05, 3.63) is 101 Å². The topological polar surface area (TPSA) is 68.2 Å². The Labute approximate surface area is 198 Å². The smallest absolute Gasteiger partial charge is 0.203 e. The number of phenols is 2. The zero-order valence-corrected chi connectivity index (χ0v) is 19.0. The number of methoxy groups -OCH3 is 1. The van der Waals surface area contributed by atoms with Crippen LogP contribution in [0.15, 0.2) is 78.9 Å². The number of hydrogen-bond acceptors (Lipinski definition) is 5. The van der Waals surface area contributed by atoms with E-state index in [9.17, 15) is 10.2 Å². The molecule has 5 heteroatoms. The number of fused-ring (bicyclic) bond motifs is 4. The molecule has 2 aliphatic heterocycles. The Hall–Kier alpha value is -4.12. The van der Waals surface area contributed by atoms with Gasteiger partial charge in [0.1, 0.15) is 11.5 Å². The minimum absolute atomic E-state index is 0.0465. The van der Waals surface area contributed by atoms with Crippen molar-refractivity contribution in [3.8, 4) is 40.2 Å². The van der Waals surface area contributed by atoms with E-state index in [2.05, 4.69) is 0 Å². The highest BCUT2D eigenvalue weighted by Crippen LogP contribution is 2.41. The number of aryl methyl sites for hydroxylation is 4. The molecule has 0 spiro atoms. The highest BCUT2D eigenvalue weighted by atomic mass is 16.5. The molecule has 0 radical (unpaired) electrons. The maximum absolute atomic E-state index is 10.5. The quantitative estimate of drug-likeness (QED) is 0.340. The van der Waals surface area contributed by atoms with Crippen LogP contribution in [-0.4, -0.2) is 17.3 Å². The second-order valence-corrected chi connectivity index (χ2v) is 8.41. The molecule has 0 atom stereocenters. The van der Waals surface area contributed by atoms with Gasteiger partial charge in [0.2, 0.25) is 5.75 Å². The molecule has 34 heavy (non-hydrogen) atoms. The van der Waals surface area contributed by atoms with Crippen molar-refractivity contribution in [2.24, 2.45) is 0 Å². The molecular weight excluding hydrogens is 428 g/mol. The van der Waals surface area contributed by atoms with Crippen LogP contribution in [0.1, 0.15) is 22.3 Å². The van der Waals surface area contributed by atoms with Gasteiger partial charge in [0.05, 0.1) is 7.11 Å². The van der Waals surface area contributed by atoms with E-state index in [1.165, 1.54) is 7.11 Å². The van der Waals surface area contributed by atoms with Crippen molar-refractivity contribution in [3.63, 3.8) is 0 Å². The molecule has 6 bridgehead atoms. The van der Waals surface area contributed by atoms with Gasteiger partial charge < -0.3 is 24.4 Å². The van der Waals surface area contributed by atoms with E-state index < -0.39 is 0 Å². The van der Waals surface area contributed by atoms with Crippen molar-refractivity contribution in [1.29, 1.82) is 0 Å². The monoisotopic (exact) mass is 454 g/mol. The Kier molecular flexibility index (Phi) is 6.00. The SMILES string of the molecule is COc1c(O)cc2cc1Oc1ccc(cc1)CCc1cccc(O)c1Oc1cccc(c1)CC2. The summed E-state index contributed by atoms with van der Waals surface area (Å²) in [7, 11) is 1.52. The molecule has 0 saturated carbocycles. The Bertz CT molecular complexity index is 1310. The molecule has 5 nitrogen and oxygen atoms in total. The lowest BCUT2D eigenvalue weighted by Gasteiger charge is -2.16. The van der Waals surface area contributed by atoms with Crippen LogP contribution < -0.4 is 14.2 Å². The van der Waals surface area contributed by atoms with Gasteiger partial charge in [-0.1, -0.05) is 36.4 Å². The summed E-state index contributed by atoms with van der Waals surface area (Å²) < 4.78 is 17.7. The maximum atomic E-state index is 10.5. The van der Waals surface area contributed by atoms with Crippen LogP contribution in [0.25, 0.3) is 0 Å². The number of aromatic hydroxyl groups is 2. The third kappa shape index (κ3) is 4.64. The lowest BCUT2D eigenvalue weighted by Crippen LogP contribution is -1.98. The Morgan fingerprint density at radius 2 is 1.41 bits per heavy atom. The summed E-state index contributed by atoms with van der Waals surface area (Å²) in [4.78, 5) is 0. The molecule has 0 fully saturated rings. The van der Waals surface area contributed by atoms with Crippen molar-refractivity contribution >= 4 is 0 Å². The van der Waals surface area contributed by atoms with E-state index >= 15 is 0 Å². The lowest BCUT2D eigenvalue weighted by atomic mass is 10.0. The lowest BCUT2D eigenvalue weighted by molar-refractivity contribution is 0.348. The zero-order chi connectivity index (χ0) is 23.5. The van der Waals surface area contributed by atoms with Crippen LogP contribution in [0.5, 0.6) is 40.2 Å². The first kappa shape index (κ1) is 21.7. The number of rotatable bonds is 1. The van der Waals surface area contributed by atoms with Crippen molar-refractivity contribution in [2.45, 2.75) is 25.7 Å². The number of hydrogen-bond donors (Lipinski definition) is 2. The first-order valence-corrected chi connectivity index (χ1v) is 11.3. The second-order valence-electron chi connectivity index (χ2n) is 8.41. The van der Waals surface area contributed by atoms with Gasteiger partial charge in [-0.3, -0.25) is 0 Å². The van der Waals surface area contributed by atoms with Crippen LogP contribution in [0.3, 0.4) is 0 Å². The molecule has 172 valence electrons. The highest BCUT2D eigenvalue weighted by Gasteiger charge is 2.15. The molecule has 2 N–H and O–H groups in total. The summed E-state index contributed by atoms with van der Waals surface area (Å²) in [5, 5.41) is 21.0. The molecule has 0 unspecified atom stereocenters. The maximum Gasteiger partial charge on any atom is 0.203 e. The van der Waals surface area contributed by atoms with Gasteiger partial charge in [0, 0.05) is 0 Å². The average molecular weight is 455 g/mol. The fourth-order valence-electron chi connectivity index (χ4n) is 4.26. The van der Waals surface area contributed by atoms with Gasteiger partial charge in [-0.15, -0.1) is 0 Å². The van der Waals surface area contributed by atoms with E-state index in [-0.39, 0.29) is 11.5 Å². The van der Waals surface area contributed by atoms with Crippen LogP contribution in [0.2, 0.25) is 0 Å². The van der Waals surface area contributed by atoms with E-state index in [1.54, 1.807) is 12.1 Å². The van der Waals surface area contributed by atoms with E-state index in [0.717, 1.165) is 35.1 Å². The Balaban J connectivity index is 1.56. The molecule has 4 aromatic carbocycles. The molecular formula is C29H26O5. The average Bonchev–Trinajstić information content (AvgIpc) is 2.84. The molecule has 0 amide bonds. The third-order valence-corrected chi connectivity index (χ3v) is 6.03. The minimum Gasteiger partial charge on any atom is -0.504 e. The summed E-state index contributed by atoms with van der Waals surface area (Å²) in [5.41, 5.74) is 4.10. The Morgan fingerprint density at radius 3 is 2.24 bits per heavy atom.